The number of halogens is 3. The monoisotopic (exact) mass is 480 g/mol. The van der Waals surface area contributed by atoms with Crippen LogP contribution in [0.1, 0.15) is 36.8 Å². The predicted octanol–water partition coefficient (Wildman–Crippen LogP) is 6.99. The van der Waals surface area contributed by atoms with Crippen LogP contribution in [0.15, 0.2) is 78.9 Å². The molecule has 2 atom stereocenters. The number of nitrogens with zero attached hydrogens (tertiary/aromatic N) is 2. The van der Waals surface area contributed by atoms with Gasteiger partial charge in [-0.25, -0.2) is 4.98 Å². The first kappa shape index (κ1) is 25.5. The molecule has 0 saturated heterocycles. The topological polar surface area (TPSA) is 72.2 Å². The van der Waals surface area contributed by atoms with Gasteiger partial charge >= 0.3 is 12.1 Å². The van der Waals surface area contributed by atoms with Crippen LogP contribution in [0.5, 0.6) is 11.6 Å². The molecule has 0 aliphatic rings. The van der Waals surface area contributed by atoms with Crippen molar-refractivity contribution in [3.05, 3.63) is 95.7 Å². The molecule has 1 aromatic heterocycles. The first-order valence-electron chi connectivity index (χ1n) is 10.8. The summed E-state index contributed by atoms with van der Waals surface area (Å²) in [4.78, 5) is 17.2. The molecule has 2 aromatic carbocycles. The van der Waals surface area contributed by atoms with Gasteiger partial charge in [0.1, 0.15) is 11.8 Å². The Bertz CT molecular complexity index is 1220. The fraction of sp³-hybridized carbons (Fsp3) is 0.222. The van der Waals surface area contributed by atoms with E-state index in [-0.39, 0.29) is 23.1 Å². The van der Waals surface area contributed by atoms with Crippen LogP contribution in [-0.2, 0) is 15.7 Å². The lowest BCUT2D eigenvalue weighted by Crippen LogP contribution is -2.23. The van der Waals surface area contributed by atoms with Gasteiger partial charge in [-0.15, -0.1) is 0 Å². The highest BCUT2D eigenvalue weighted by Crippen LogP contribution is 2.33. The maximum Gasteiger partial charge on any atom is 0.416 e. The number of carbonyl (C=O) groups is 1. The van der Waals surface area contributed by atoms with Crippen LogP contribution in [0.2, 0.25) is 0 Å². The SMILES string of the molecule is CC(C)C(C=Cc1ccccc1C(F)(F)F)C(=O)OC(C#N)c1cccc(Oc2ccccc2)n1. The van der Waals surface area contributed by atoms with Crippen molar-refractivity contribution in [1.29, 1.82) is 5.26 Å². The third kappa shape index (κ3) is 6.93. The zero-order chi connectivity index (χ0) is 25.4. The normalized spacial score (nSPS) is 13.3. The molecule has 1 heterocycles. The Hall–Kier alpha value is -4.12. The van der Waals surface area contributed by atoms with Gasteiger partial charge in [0.25, 0.3) is 0 Å². The summed E-state index contributed by atoms with van der Waals surface area (Å²) in [5.74, 6) is -1.16. The Morgan fingerprint density at radius 1 is 1.00 bits per heavy atom. The number of hydrogen-bond acceptors (Lipinski definition) is 5. The molecule has 5 nitrogen and oxygen atoms in total. The minimum Gasteiger partial charge on any atom is -0.440 e. The molecular formula is C27H23F3N2O3. The highest BCUT2D eigenvalue weighted by Gasteiger charge is 2.32. The molecule has 8 heteroatoms. The third-order valence-corrected chi connectivity index (χ3v) is 5.07. The van der Waals surface area contributed by atoms with Gasteiger partial charge in [0.2, 0.25) is 12.0 Å². The van der Waals surface area contributed by atoms with Gasteiger partial charge < -0.3 is 9.47 Å². The smallest absolute Gasteiger partial charge is 0.416 e. The van der Waals surface area contributed by atoms with E-state index in [9.17, 15) is 23.2 Å². The minimum atomic E-state index is -4.53. The fourth-order valence-corrected chi connectivity index (χ4v) is 3.27. The molecule has 3 rings (SSSR count). The van der Waals surface area contributed by atoms with Crippen LogP contribution in [0.3, 0.4) is 0 Å². The van der Waals surface area contributed by atoms with E-state index < -0.39 is 29.7 Å². The minimum absolute atomic E-state index is 0.0669. The second-order valence-corrected chi connectivity index (χ2v) is 7.98. The molecule has 3 aromatic rings. The van der Waals surface area contributed by atoms with Crippen molar-refractivity contribution in [3.63, 3.8) is 0 Å². The standard InChI is InChI=1S/C27H23F3N2O3/c1-18(2)21(16-15-19-9-6-7-12-22(19)27(28,29)30)26(33)35-24(17-31)23-13-8-14-25(32-23)34-20-10-4-3-5-11-20/h3-16,18,21,24H,1-2H3. The molecule has 0 spiro atoms. The van der Waals surface area contributed by atoms with Crippen molar-refractivity contribution in [1.82, 2.24) is 4.98 Å². The summed E-state index contributed by atoms with van der Waals surface area (Å²) >= 11 is 0. The maximum atomic E-state index is 13.3. The molecule has 0 amide bonds. The molecular weight excluding hydrogens is 457 g/mol. The number of carbonyl (C=O) groups excluding carboxylic acids is 1. The van der Waals surface area contributed by atoms with Gasteiger partial charge in [0.05, 0.1) is 17.2 Å². The van der Waals surface area contributed by atoms with Crippen molar-refractivity contribution < 1.29 is 27.4 Å². The number of aromatic nitrogens is 1. The Kier molecular flexibility index (Phi) is 8.26. The van der Waals surface area contributed by atoms with Gasteiger partial charge in [-0.05, 0) is 35.7 Å². The van der Waals surface area contributed by atoms with Crippen molar-refractivity contribution in [2.75, 3.05) is 0 Å². The molecule has 0 saturated carbocycles. The van der Waals surface area contributed by atoms with E-state index in [1.165, 1.54) is 36.4 Å². The lowest BCUT2D eigenvalue weighted by Gasteiger charge is -2.19. The number of pyridine rings is 1. The number of rotatable bonds is 8. The van der Waals surface area contributed by atoms with Crippen molar-refractivity contribution in [2.24, 2.45) is 11.8 Å². The average molecular weight is 480 g/mol. The van der Waals surface area contributed by atoms with Crippen molar-refractivity contribution in [2.45, 2.75) is 26.1 Å². The van der Waals surface area contributed by atoms with Gasteiger partial charge in [-0.2, -0.15) is 18.4 Å². The summed E-state index contributed by atoms with van der Waals surface area (Å²) < 4.78 is 50.9. The van der Waals surface area contributed by atoms with Crippen molar-refractivity contribution >= 4 is 12.0 Å². The summed E-state index contributed by atoms with van der Waals surface area (Å²) in [5, 5.41) is 9.61. The van der Waals surface area contributed by atoms with Gasteiger partial charge in [-0.3, -0.25) is 4.79 Å². The summed E-state index contributed by atoms with van der Waals surface area (Å²) in [6.07, 6.45) is -3.23. The molecule has 0 radical (unpaired) electrons. The van der Waals surface area contributed by atoms with Crippen LogP contribution >= 0.6 is 0 Å². The number of nitriles is 1. The molecule has 35 heavy (non-hydrogen) atoms. The zero-order valence-electron chi connectivity index (χ0n) is 19.1. The Balaban J connectivity index is 1.78. The van der Waals surface area contributed by atoms with E-state index >= 15 is 0 Å². The van der Waals surface area contributed by atoms with E-state index in [4.69, 9.17) is 9.47 Å². The summed E-state index contributed by atoms with van der Waals surface area (Å²) in [6.45, 7) is 3.47. The maximum absolute atomic E-state index is 13.3. The fourth-order valence-electron chi connectivity index (χ4n) is 3.27. The number of para-hydroxylation sites is 1. The highest BCUT2D eigenvalue weighted by atomic mass is 19.4. The number of hydrogen-bond donors (Lipinski definition) is 0. The second kappa shape index (κ2) is 11.3. The van der Waals surface area contributed by atoms with Gasteiger partial charge in [0.15, 0.2) is 0 Å². The first-order valence-corrected chi connectivity index (χ1v) is 10.8. The van der Waals surface area contributed by atoms with E-state index in [0.29, 0.717) is 5.75 Å². The van der Waals surface area contributed by atoms with Gasteiger partial charge in [0, 0.05) is 6.07 Å². The molecule has 0 aliphatic heterocycles. The van der Waals surface area contributed by atoms with E-state index in [1.807, 2.05) is 12.1 Å². The molecule has 0 N–H and O–H groups in total. The highest BCUT2D eigenvalue weighted by molar-refractivity contribution is 5.77. The van der Waals surface area contributed by atoms with Crippen LogP contribution in [0, 0.1) is 23.2 Å². The summed E-state index contributed by atoms with van der Waals surface area (Å²) in [5.41, 5.74) is -0.702. The second-order valence-electron chi connectivity index (χ2n) is 7.98. The molecule has 0 bridgehead atoms. The molecule has 180 valence electrons. The molecule has 0 fully saturated rings. The Morgan fingerprint density at radius 2 is 1.69 bits per heavy atom. The number of esters is 1. The Morgan fingerprint density at radius 3 is 2.34 bits per heavy atom. The third-order valence-electron chi connectivity index (χ3n) is 5.07. The zero-order valence-corrected chi connectivity index (χ0v) is 19.1. The van der Waals surface area contributed by atoms with Crippen molar-refractivity contribution in [3.8, 4) is 17.7 Å². The lowest BCUT2D eigenvalue weighted by molar-refractivity contribution is -0.151. The van der Waals surface area contributed by atoms with Crippen LogP contribution in [-0.4, -0.2) is 11.0 Å². The number of alkyl halides is 3. The van der Waals surface area contributed by atoms with E-state index in [0.717, 1.165) is 6.07 Å². The van der Waals surface area contributed by atoms with Crippen LogP contribution in [0.25, 0.3) is 6.08 Å². The van der Waals surface area contributed by atoms with E-state index in [1.54, 1.807) is 50.2 Å². The van der Waals surface area contributed by atoms with E-state index in [2.05, 4.69) is 4.98 Å². The lowest BCUT2D eigenvalue weighted by atomic mass is 9.94. The molecule has 0 aliphatic carbocycles. The quantitative estimate of drug-likeness (QED) is 0.325. The number of benzene rings is 2. The molecule has 2 unspecified atom stereocenters. The first-order chi connectivity index (χ1) is 16.7. The summed E-state index contributed by atoms with van der Waals surface area (Å²) in [7, 11) is 0. The largest absolute Gasteiger partial charge is 0.440 e. The van der Waals surface area contributed by atoms with Gasteiger partial charge in [-0.1, -0.05) is 68.5 Å². The predicted molar refractivity (Wildman–Crippen MR) is 124 cm³/mol. The van der Waals surface area contributed by atoms with Crippen LogP contribution in [0.4, 0.5) is 13.2 Å². The number of ether oxygens (including phenoxy) is 2. The average Bonchev–Trinajstić information content (AvgIpc) is 2.83. The Labute approximate surface area is 201 Å². The van der Waals surface area contributed by atoms with Crippen LogP contribution < -0.4 is 4.74 Å². The summed E-state index contributed by atoms with van der Waals surface area (Å²) in [6, 6.07) is 20.6.